The fourth-order valence-corrected chi connectivity index (χ4v) is 2.43. The van der Waals surface area contributed by atoms with E-state index in [-0.39, 0.29) is 5.54 Å². The Bertz CT molecular complexity index is 281. The van der Waals surface area contributed by atoms with Gasteiger partial charge in [-0.2, -0.15) is 0 Å². The number of hydrogen-bond donors (Lipinski definition) is 2. The van der Waals surface area contributed by atoms with Gasteiger partial charge in [-0.3, -0.25) is 0 Å². The maximum absolute atomic E-state index is 5.99. The molecule has 4 heteroatoms. The van der Waals surface area contributed by atoms with Gasteiger partial charge < -0.3 is 20.5 Å². The minimum Gasteiger partial charge on any atom is -0.378 e. The summed E-state index contributed by atoms with van der Waals surface area (Å²) in [6, 6.07) is 0. The van der Waals surface area contributed by atoms with E-state index >= 15 is 0 Å². The van der Waals surface area contributed by atoms with Gasteiger partial charge in [-0.05, 0) is 25.7 Å². The maximum atomic E-state index is 5.99. The predicted octanol–water partition coefficient (Wildman–Crippen LogP) is 1.70. The van der Waals surface area contributed by atoms with Gasteiger partial charge in [0.05, 0.1) is 19.3 Å². The summed E-state index contributed by atoms with van der Waals surface area (Å²) < 4.78 is 11.3. The van der Waals surface area contributed by atoms with Crippen molar-refractivity contribution in [2.45, 2.75) is 45.3 Å². The van der Waals surface area contributed by atoms with Gasteiger partial charge in [0.15, 0.2) is 0 Å². The van der Waals surface area contributed by atoms with Crippen molar-refractivity contribution in [2.24, 2.45) is 11.7 Å². The molecule has 0 aromatic rings. The van der Waals surface area contributed by atoms with Crippen LogP contribution in [0.1, 0.15) is 33.6 Å². The van der Waals surface area contributed by atoms with Gasteiger partial charge in [-0.15, -0.1) is 0 Å². The summed E-state index contributed by atoms with van der Waals surface area (Å²) in [5.74, 6) is 0.535. The third-order valence-electron chi connectivity index (χ3n) is 3.73. The molecule has 1 rings (SSSR count). The molecule has 0 aromatic carbocycles. The smallest absolute Gasteiger partial charge is 0.0672 e. The molecule has 0 saturated carbocycles. The zero-order chi connectivity index (χ0) is 14.3. The highest BCUT2D eigenvalue weighted by Crippen LogP contribution is 2.27. The Balaban J connectivity index is 2.35. The second kappa shape index (κ2) is 8.00. The first-order chi connectivity index (χ1) is 8.99. The molecular formula is C15H30N2O2. The third-order valence-corrected chi connectivity index (χ3v) is 3.73. The molecule has 0 bridgehead atoms. The lowest BCUT2D eigenvalue weighted by molar-refractivity contribution is -0.0504. The van der Waals surface area contributed by atoms with E-state index in [1.165, 1.54) is 0 Å². The van der Waals surface area contributed by atoms with E-state index in [9.17, 15) is 0 Å². The molecule has 0 aliphatic carbocycles. The molecule has 4 nitrogen and oxygen atoms in total. The topological polar surface area (TPSA) is 56.5 Å². The van der Waals surface area contributed by atoms with E-state index in [0.29, 0.717) is 31.8 Å². The normalized spacial score (nSPS) is 27.7. The highest BCUT2D eigenvalue weighted by atomic mass is 16.5. The molecule has 3 N–H and O–H groups in total. The summed E-state index contributed by atoms with van der Waals surface area (Å²) in [7, 11) is 0. The summed E-state index contributed by atoms with van der Waals surface area (Å²) in [5, 5.41) is 3.58. The lowest BCUT2D eigenvalue weighted by Gasteiger charge is -2.42. The molecule has 1 saturated heterocycles. The first kappa shape index (κ1) is 16.6. The molecule has 0 radical (unpaired) electrons. The van der Waals surface area contributed by atoms with Crippen LogP contribution in [0.2, 0.25) is 0 Å². The second-order valence-electron chi connectivity index (χ2n) is 6.03. The minimum atomic E-state index is 0.0137. The van der Waals surface area contributed by atoms with Crippen molar-refractivity contribution in [2.75, 3.05) is 32.9 Å². The van der Waals surface area contributed by atoms with E-state index in [4.69, 9.17) is 15.2 Å². The van der Waals surface area contributed by atoms with Gasteiger partial charge in [-0.1, -0.05) is 26.0 Å². The standard InChI is InChI=1S/C15H30N2O2/c1-12(2)10-18-8-6-17-15(11-16)5-7-19-14(9-15)13(3)4/h13-14,17H,1,5-11,16H2,2-4H3. The van der Waals surface area contributed by atoms with Crippen LogP contribution in [0.4, 0.5) is 0 Å². The van der Waals surface area contributed by atoms with Crippen LogP contribution >= 0.6 is 0 Å². The molecule has 0 amide bonds. The third kappa shape index (κ3) is 5.61. The van der Waals surface area contributed by atoms with Crippen LogP contribution in [0.25, 0.3) is 0 Å². The molecule has 1 fully saturated rings. The Labute approximate surface area is 117 Å². The van der Waals surface area contributed by atoms with Crippen molar-refractivity contribution in [1.29, 1.82) is 0 Å². The Morgan fingerprint density at radius 3 is 2.89 bits per heavy atom. The summed E-state index contributed by atoms with van der Waals surface area (Å²) in [4.78, 5) is 0. The van der Waals surface area contributed by atoms with Crippen molar-refractivity contribution >= 4 is 0 Å². The number of ether oxygens (including phenoxy) is 2. The Morgan fingerprint density at radius 1 is 1.58 bits per heavy atom. The lowest BCUT2D eigenvalue weighted by atomic mass is 9.83. The average molecular weight is 270 g/mol. The first-order valence-electron chi connectivity index (χ1n) is 7.28. The van der Waals surface area contributed by atoms with Crippen LogP contribution in [0.5, 0.6) is 0 Å². The molecule has 0 spiro atoms. The molecule has 2 atom stereocenters. The van der Waals surface area contributed by atoms with Gasteiger partial charge >= 0.3 is 0 Å². The van der Waals surface area contributed by atoms with Crippen LogP contribution < -0.4 is 11.1 Å². The molecule has 112 valence electrons. The molecule has 19 heavy (non-hydrogen) atoms. The molecule has 1 heterocycles. The number of nitrogens with one attached hydrogen (secondary N) is 1. The van der Waals surface area contributed by atoms with Crippen molar-refractivity contribution < 1.29 is 9.47 Å². The minimum absolute atomic E-state index is 0.0137. The highest BCUT2D eigenvalue weighted by molar-refractivity contribution is 4.95. The number of nitrogens with two attached hydrogens (primary N) is 1. The SMILES string of the molecule is C=C(C)COCCNC1(CN)CCOC(C(C)C)C1. The van der Waals surface area contributed by atoms with Gasteiger partial charge in [-0.25, -0.2) is 0 Å². The Morgan fingerprint density at radius 2 is 2.32 bits per heavy atom. The summed E-state index contributed by atoms with van der Waals surface area (Å²) >= 11 is 0. The number of hydrogen-bond acceptors (Lipinski definition) is 4. The van der Waals surface area contributed by atoms with E-state index in [1.54, 1.807) is 0 Å². The fraction of sp³-hybridized carbons (Fsp3) is 0.867. The van der Waals surface area contributed by atoms with Gasteiger partial charge in [0.1, 0.15) is 0 Å². The predicted molar refractivity (Wildman–Crippen MR) is 79.2 cm³/mol. The average Bonchev–Trinajstić information content (AvgIpc) is 2.38. The van der Waals surface area contributed by atoms with Crippen molar-refractivity contribution in [3.05, 3.63) is 12.2 Å². The van der Waals surface area contributed by atoms with Crippen molar-refractivity contribution in [1.82, 2.24) is 5.32 Å². The lowest BCUT2D eigenvalue weighted by Crippen LogP contribution is -2.58. The van der Waals surface area contributed by atoms with Gasteiger partial charge in [0, 0.05) is 25.2 Å². The van der Waals surface area contributed by atoms with E-state index < -0.39 is 0 Å². The molecular weight excluding hydrogens is 240 g/mol. The second-order valence-corrected chi connectivity index (χ2v) is 6.03. The van der Waals surface area contributed by atoms with Gasteiger partial charge in [0.25, 0.3) is 0 Å². The van der Waals surface area contributed by atoms with Gasteiger partial charge in [0.2, 0.25) is 0 Å². The van der Waals surface area contributed by atoms with Crippen LogP contribution in [0.3, 0.4) is 0 Å². The molecule has 0 aromatic heterocycles. The van der Waals surface area contributed by atoms with E-state index in [1.807, 2.05) is 6.92 Å². The summed E-state index contributed by atoms with van der Waals surface area (Å²) in [5.41, 5.74) is 7.06. The summed E-state index contributed by atoms with van der Waals surface area (Å²) in [6.45, 7) is 13.8. The van der Waals surface area contributed by atoms with Crippen LogP contribution in [-0.2, 0) is 9.47 Å². The zero-order valence-corrected chi connectivity index (χ0v) is 12.7. The quantitative estimate of drug-likeness (QED) is 0.521. The van der Waals surface area contributed by atoms with Crippen LogP contribution in [0, 0.1) is 5.92 Å². The fourth-order valence-electron chi connectivity index (χ4n) is 2.43. The molecule has 2 unspecified atom stereocenters. The Kier molecular flexibility index (Phi) is 7.00. The van der Waals surface area contributed by atoms with E-state index in [0.717, 1.165) is 31.6 Å². The Hall–Kier alpha value is -0.420. The molecule has 1 aliphatic heterocycles. The van der Waals surface area contributed by atoms with Crippen molar-refractivity contribution in [3.63, 3.8) is 0 Å². The monoisotopic (exact) mass is 270 g/mol. The highest BCUT2D eigenvalue weighted by Gasteiger charge is 2.36. The zero-order valence-electron chi connectivity index (χ0n) is 12.7. The van der Waals surface area contributed by atoms with Crippen LogP contribution in [0.15, 0.2) is 12.2 Å². The number of rotatable bonds is 8. The largest absolute Gasteiger partial charge is 0.378 e. The van der Waals surface area contributed by atoms with Crippen molar-refractivity contribution in [3.8, 4) is 0 Å². The maximum Gasteiger partial charge on any atom is 0.0672 e. The first-order valence-corrected chi connectivity index (χ1v) is 7.28. The molecule has 1 aliphatic rings. The van der Waals surface area contributed by atoms with E-state index in [2.05, 4.69) is 25.7 Å². The van der Waals surface area contributed by atoms with Crippen LogP contribution in [-0.4, -0.2) is 44.6 Å². The summed E-state index contributed by atoms with van der Waals surface area (Å²) in [6.07, 6.45) is 2.27.